The van der Waals surface area contributed by atoms with Crippen molar-refractivity contribution in [1.29, 1.82) is 0 Å². The first-order valence-electron chi connectivity index (χ1n) is 8.59. The molecule has 7 nitrogen and oxygen atoms in total. The van der Waals surface area contributed by atoms with Gasteiger partial charge in [-0.25, -0.2) is 15.0 Å². The summed E-state index contributed by atoms with van der Waals surface area (Å²) >= 11 is 0. The van der Waals surface area contributed by atoms with Gasteiger partial charge in [0.1, 0.15) is 6.33 Å². The minimum absolute atomic E-state index is 0.269. The fraction of sp³-hybridized carbons (Fsp3) is 0.706. The summed E-state index contributed by atoms with van der Waals surface area (Å²) in [5, 5.41) is 18.7. The van der Waals surface area contributed by atoms with Gasteiger partial charge in [0.25, 0.3) is 0 Å². The van der Waals surface area contributed by atoms with Crippen molar-refractivity contribution in [1.82, 2.24) is 19.5 Å². The minimum Gasteiger partial charge on any atom is -0.394 e. The standard InChI is InChI=1S/C17H27N5O2/c1-17(2)6-4-12(5-7-17)21(3)15-14-16(19-10-18-15)22(11-20-14)8-13(24)9-23/h10-13,23-24H,4-9H2,1-3H3. The molecule has 3 rings (SSSR count). The molecule has 2 heterocycles. The summed E-state index contributed by atoms with van der Waals surface area (Å²) < 4.78 is 1.76. The highest BCUT2D eigenvalue weighted by Crippen LogP contribution is 2.38. The Bertz CT molecular complexity index is 689. The number of hydrogen-bond donors (Lipinski definition) is 2. The van der Waals surface area contributed by atoms with E-state index >= 15 is 0 Å². The Balaban J connectivity index is 1.84. The van der Waals surface area contributed by atoms with E-state index in [1.165, 1.54) is 12.8 Å². The van der Waals surface area contributed by atoms with E-state index in [0.717, 1.165) is 24.2 Å². The lowest BCUT2D eigenvalue weighted by Gasteiger charge is -2.39. The molecule has 1 aliphatic rings. The van der Waals surface area contributed by atoms with Crippen molar-refractivity contribution < 1.29 is 10.2 Å². The minimum atomic E-state index is -0.820. The van der Waals surface area contributed by atoms with Gasteiger partial charge in [0.05, 0.1) is 25.6 Å². The molecule has 2 N–H and O–H groups in total. The van der Waals surface area contributed by atoms with Gasteiger partial charge in [-0.1, -0.05) is 13.8 Å². The van der Waals surface area contributed by atoms with Gasteiger partial charge in [0.2, 0.25) is 0 Å². The summed E-state index contributed by atoms with van der Waals surface area (Å²) in [5.74, 6) is 0.835. The second-order valence-corrected chi connectivity index (χ2v) is 7.61. The van der Waals surface area contributed by atoms with Gasteiger partial charge >= 0.3 is 0 Å². The molecule has 1 fully saturated rings. The smallest absolute Gasteiger partial charge is 0.165 e. The summed E-state index contributed by atoms with van der Waals surface area (Å²) in [6.07, 6.45) is 7.11. The molecule has 0 amide bonds. The third kappa shape index (κ3) is 3.37. The Kier molecular flexibility index (Phi) is 4.73. The van der Waals surface area contributed by atoms with E-state index in [2.05, 4.69) is 40.7 Å². The molecular weight excluding hydrogens is 306 g/mol. The first-order valence-corrected chi connectivity index (χ1v) is 8.59. The molecule has 0 radical (unpaired) electrons. The van der Waals surface area contributed by atoms with Crippen molar-refractivity contribution in [2.45, 2.75) is 58.2 Å². The van der Waals surface area contributed by atoms with Crippen LogP contribution < -0.4 is 4.90 Å². The molecule has 132 valence electrons. The van der Waals surface area contributed by atoms with Crippen LogP contribution in [0.5, 0.6) is 0 Å². The Morgan fingerprint density at radius 1 is 1.29 bits per heavy atom. The average molecular weight is 333 g/mol. The van der Waals surface area contributed by atoms with Gasteiger partial charge in [-0.05, 0) is 31.1 Å². The van der Waals surface area contributed by atoms with Crippen LogP contribution in [0.3, 0.4) is 0 Å². The van der Waals surface area contributed by atoms with Crippen molar-refractivity contribution in [2.24, 2.45) is 5.41 Å². The van der Waals surface area contributed by atoms with Crippen LogP contribution >= 0.6 is 0 Å². The van der Waals surface area contributed by atoms with Crippen LogP contribution in [0.1, 0.15) is 39.5 Å². The lowest BCUT2D eigenvalue weighted by atomic mass is 9.75. The fourth-order valence-corrected chi connectivity index (χ4v) is 3.49. The van der Waals surface area contributed by atoms with Gasteiger partial charge in [-0.3, -0.25) is 0 Å². The van der Waals surface area contributed by atoms with E-state index in [1.54, 1.807) is 17.2 Å². The summed E-state index contributed by atoms with van der Waals surface area (Å²) in [6, 6.07) is 0.462. The highest BCUT2D eigenvalue weighted by Gasteiger charge is 2.30. The number of anilines is 1. The largest absolute Gasteiger partial charge is 0.394 e. The van der Waals surface area contributed by atoms with E-state index in [0.29, 0.717) is 17.1 Å². The zero-order chi connectivity index (χ0) is 17.3. The molecule has 7 heteroatoms. The summed E-state index contributed by atoms with van der Waals surface area (Å²) in [7, 11) is 2.08. The molecular formula is C17H27N5O2. The number of imidazole rings is 1. The fourth-order valence-electron chi connectivity index (χ4n) is 3.49. The third-order valence-electron chi connectivity index (χ3n) is 5.19. The topological polar surface area (TPSA) is 87.3 Å². The molecule has 0 saturated heterocycles. The molecule has 0 spiro atoms. The third-order valence-corrected chi connectivity index (χ3v) is 5.19. The molecule has 2 aromatic rings. The molecule has 0 aromatic carbocycles. The molecule has 1 saturated carbocycles. The zero-order valence-corrected chi connectivity index (χ0v) is 14.7. The van der Waals surface area contributed by atoms with Crippen molar-refractivity contribution >= 4 is 17.0 Å². The lowest BCUT2D eigenvalue weighted by Crippen LogP contribution is -2.37. The van der Waals surface area contributed by atoms with Crippen LogP contribution in [0.25, 0.3) is 11.2 Å². The Morgan fingerprint density at radius 3 is 2.67 bits per heavy atom. The van der Waals surface area contributed by atoms with E-state index in [9.17, 15) is 5.11 Å². The van der Waals surface area contributed by atoms with Crippen LogP contribution in [-0.4, -0.2) is 55.5 Å². The number of aliphatic hydroxyl groups excluding tert-OH is 2. The second kappa shape index (κ2) is 6.64. The second-order valence-electron chi connectivity index (χ2n) is 7.61. The van der Waals surface area contributed by atoms with E-state index in [1.807, 2.05) is 0 Å². The van der Waals surface area contributed by atoms with Gasteiger partial charge in [-0.15, -0.1) is 0 Å². The molecule has 1 atom stereocenters. The van der Waals surface area contributed by atoms with Crippen molar-refractivity contribution in [2.75, 3.05) is 18.6 Å². The summed E-state index contributed by atoms with van der Waals surface area (Å²) in [5.41, 5.74) is 1.87. The number of hydrogen-bond acceptors (Lipinski definition) is 6. The maximum atomic E-state index is 9.67. The maximum absolute atomic E-state index is 9.67. The Labute approximate surface area is 142 Å². The van der Waals surface area contributed by atoms with E-state index < -0.39 is 6.10 Å². The molecule has 0 bridgehead atoms. The van der Waals surface area contributed by atoms with Crippen LogP contribution in [0, 0.1) is 5.41 Å². The quantitative estimate of drug-likeness (QED) is 0.864. The Hall–Kier alpha value is -1.73. The number of nitrogens with zero attached hydrogens (tertiary/aromatic N) is 5. The molecule has 2 aromatic heterocycles. The first kappa shape index (κ1) is 17.1. The van der Waals surface area contributed by atoms with Gasteiger partial charge < -0.3 is 19.7 Å². The van der Waals surface area contributed by atoms with Crippen LogP contribution in [0.15, 0.2) is 12.7 Å². The predicted molar refractivity (Wildman–Crippen MR) is 92.9 cm³/mol. The van der Waals surface area contributed by atoms with Crippen molar-refractivity contribution in [3.8, 4) is 0 Å². The molecule has 24 heavy (non-hydrogen) atoms. The van der Waals surface area contributed by atoms with E-state index in [4.69, 9.17) is 5.11 Å². The van der Waals surface area contributed by atoms with Gasteiger partial charge in [0.15, 0.2) is 17.0 Å². The molecule has 1 unspecified atom stereocenters. The highest BCUT2D eigenvalue weighted by molar-refractivity contribution is 5.83. The number of aromatic nitrogens is 4. The summed E-state index contributed by atoms with van der Waals surface area (Å²) in [4.78, 5) is 15.4. The van der Waals surface area contributed by atoms with Crippen molar-refractivity contribution in [3.63, 3.8) is 0 Å². The van der Waals surface area contributed by atoms with E-state index in [-0.39, 0.29) is 13.2 Å². The first-order chi connectivity index (χ1) is 11.4. The van der Waals surface area contributed by atoms with Crippen LogP contribution in [-0.2, 0) is 6.54 Å². The average Bonchev–Trinajstić information content (AvgIpc) is 2.97. The summed E-state index contributed by atoms with van der Waals surface area (Å²) in [6.45, 7) is 4.65. The number of rotatable bonds is 5. The van der Waals surface area contributed by atoms with Crippen molar-refractivity contribution in [3.05, 3.63) is 12.7 Å². The predicted octanol–water partition coefficient (Wildman–Crippen LogP) is 1.58. The normalized spacial score (nSPS) is 19.5. The number of fused-ring (bicyclic) bond motifs is 1. The van der Waals surface area contributed by atoms with Gasteiger partial charge in [0, 0.05) is 13.1 Å². The monoisotopic (exact) mass is 333 g/mol. The zero-order valence-electron chi connectivity index (χ0n) is 14.7. The van der Waals surface area contributed by atoms with Gasteiger partial charge in [-0.2, -0.15) is 0 Å². The van der Waals surface area contributed by atoms with Crippen LogP contribution in [0.4, 0.5) is 5.82 Å². The Morgan fingerprint density at radius 2 is 2.00 bits per heavy atom. The molecule has 1 aliphatic carbocycles. The van der Waals surface area contributed by atoms with Crippen LogP contribution in [0.2, 0.25) is 0 Å². The maximum Gasteiger partial charge on any atom is 0.165 e. The SMILES string of the molecule is CN(c1ncnc2c1ncn2CC(O)CO)C1CCC(C)(C)CC1. The lowest BCUT2D eigenvalue weighted by molar-refractivity contribution is 0.0820. The number of aliphatic hydroxyl groups is 2. The highest BCUT2D eigenvalue weighted by atomic mass is 16.3. The molecule has 0 aliphatic heterocycles.